The Hall–Kier alpha value is -4.75. The second-order valence-electron chi connectivity index (χ2n) is 15.8. The number of nitrogens with two attached hydrogens (primary N) is 1. The fourth-order valence-electron chi connectivity index (χ4n) is 5.23. The highest BCUT2D eigenvalue weighted by Gasteiger charge is 2.52. The number of carboxylic acid groups (broad SMARTS) is 1. The number of nitrogens with one attached hydrogen (secondary N) is 2. The predicted molar refractivity (Wildman–Crippen MR) is 290 cm³/mol. The van der Waals surface area contributed by atoms with Crippen molar-refractivity contribution in [2.24, 2.45) is 5.14 Å². The summed E-state index contributed by atoms with van der Waals surface area (Å²) in [6.45, 7) is 7.80. The Morgan fingerprint density at radius 2 is 1.01 bits per heavy atom. The number of hydrogen-bond acceptors (Lipinski definition) is 16. The lowest BCUT2D eigenvalue weighted by molar-refractivity contribution is 0.00578. The summed E-state index contributed by atoms with van der Waals surface area (Å²) in [7, 11) is -6.62. The maximum Gasteiger partial charge on any atom is 0.496 e. The van der Waals surface area contributed by atoms with Crippen molar-refractivity contribution in [1.82, 2.24) is 19.4 Å². The summed E-state index contributed by atoms with van der Waals surface area (Å²) in [6.07, 6.45) is 6.86. The molecule has 412 valence electrons. The number of ether oxygens (including phenoxy) is 3. The Bertz CT molecular complexity index is 3150. The molecule has 2 aromatic heterocycles. The molecule has 0 aliphatic carbocycles. The average Bonchev–Trinajstić information content (AvgIpc) is 3.53. The molecule has 1 saturated heterocycles. The predicted octanol–water partition coefficient (Wildman–Crippen LogP) is 7.48. The van der Waals surface area contributed by atoms with Gasteiger partial charge in [-0.05, 0) is 126 Å². The standard InChI is InChI=1S/C14H12ClFN2O4S.C11H14BClFNO2.C9H10BrNO4S.C8H7BrO3.CH3Cl.CH5NO2S/c1-22-12-6-8(14(19)18-23(2,20)21)3-4-10(12)9-5-11(15)13(16)17-7-9;1-10(2)11(3,4)17-12(16-10)7-5-8(13)9(14)15-6-7;1-15-8-5-6(3-4-7(8)10)9(12)11-16(2,13)14;1-12-7-4-5(8(10)11)2-3-6(7)9;1-2;1-5(2,3)4/h3-7H,1-2H3,(H,18,19);5-6H,1-4H3;3-5H,1-2H3,(H,11,12);2-4H,1H3,(H,10,11);1H3;1H3,(H2,2,3,4). The van der Waals surface area contributed by atoms with E-state index in [9.17, 15) is 48.4 Å². The van der Waals surface area contributed by atoms with E-state index in [1.165, 1.54) is 94.7 Å². The van der Waals surface area contributed by atoms with Crippen LogP contribution in [0.5, 0.6) is 17.2 Å². The van der Waals surface area contributed by atoms with Crippen molar-refractivity contribution in [3.8, 4) is 28.4 Å². The monoisotopic (exact) mass is 1300 g/mol. The zero-order chi connectivity index (χ0) is 58.0. The first-order valence-corrected chi connectivity index (χ1v) is 29.2. The summed E-state index contributed by atoms with van der Waals surface area (Å²) < 4.78 is 121. The fourth-order valence-corrected chi connectivity index (χ4v) is 7.30. The maximum atomic E-state index is 13.1. The molecule has 1 fully saturated rings. The molecule has 75 heavy (non-hydrogen) atoms. The van der Waals surface area contributed by atoms with Crippen LogP contribution >= 0.6 is 66.7 Å². The average molecular weight is 1300 g/mol. The molecule has 1 aliphatic heterocycles. The summed E-state index contributed by atoms with van der Waals surface area (Å²) >= 11 is 22.5. The Morgan fingerprint density at radius 3 is 1.39 bits per heavy atom. The molecule has 3 aromatic carbocycles. The van der Waals surface area contributed by atoms with Crippen molar-refractivity contribution >= 4 is 127 Å². The van der Waals surface area contributed by atoms with Gasteiger partial charge in [0.1, 0.15) is 17.2 Å². The van der Waals surface area contributed by atoms with E-state index in [1.807, 2.05) is 37.1 Å². The summed E-state index contributed by atoms with van der Waals surface area (Å²) in [6, 6.07) is 16.3. The van der Waals surface area contributed by atoms with E-state index in [0.29, 0.717) is 32.6 Å². The molecule has 0 bridgehead atoms. The number of nitrogens with zero attached hydrogens (tertiary/aromatic N) is 2. The molecule has 2 amide bonds. The number of pyridine rings is 2. The third-order valence-corrected chi connectivity index (χ3v) is 12.2. The van der Waals surface area contributed by atoms with Crippen LogP contribution in [0.4, 0.5) is 8.78 Å². The quantitative estimate of drug-likeness (QED) is 0.0598. The Kier molecular flexibility index (Phi) is 27.0. The number of sulfonamides is 3. The Morgan fingerprint density at radius 1 is 0.653 bits per heavy atom. The van der Waals surface area contributed by atoms with Crippen molar-refractivity contribution in [1.29, 1.82) is 0 Å². The molecule has 0 unspecified atom stereocenters. The zero-order valence-corrected chi connectivity index (χ0v) is 49.5. The lowest BCUT2D eigenvalue weighted by Gasteiger charge is -2.32. The van der Waals surface area contributed by atoms with Gasteiger partial charge in [0.05, 0.1) is 75.9 Å². The first-order valence-electron chi connectivity index (χ1n) is 20.4. The number of halogens is 7. The van der Waals surface area contributed by atoms with Crippen LogP contribution in [-0.4, -0.2) is 123 Å². The molecule has 0 spiro atoms. The minimum Gasteiger partial charge on any atom is -0.496 e. The van der Waals surface area contributed by atoms with Gasteiger partial charge in [-0.1, -0.05) is 23.2 Å². The fraction of sp³-hybridized carbons (Fsp3) is 0.295. The molecule has 5 aromatic rings. The number of aromatic carboxylic acids is 1. The summed E-state index contributed by atoms with van der Waals surface area (Å²) in [5, 5.41) is 12.8. The van der Waals surface area contributed by atoms with E-state index in [2.05, 4.69) is 58.6 Å². The van der Waals surface area contributed by atoms with Crippen LogP contribution in [0, 0.1) is 11.9 Å². The molecule has 3 heterocycles. The molecule has 5 N–H and O–H groups in total. The van der Waals surface area contributed by atoms with E-state index in [1.54, 1.807) is 12.1 Å². The number of primary sulfonamides is 1. The second-order valence-corrected chi connectivity index (χ2v) is 23.5. The summed E-state index contributed by atoms with van der Waals surface area (Å²) in [4.78, 5) is 40.9. The molecular weight excluding hydrogens is 1250 g/mol. The van der Waals surface area contributed by atoms with Gasteiger partial charge in [0.15, 0.2) is 0 Å². The number of carbonyl (C=O) groups is 3. The number of rotatable bonds is 10. The normalized spacial score (nSPS) is 13.1. The highest BCUT2D eigenvalue weighted by molar-refractivity contribution is 9.11. The van der Waals surface area contributed by atoms with Crippen LogP contribution in [0.1, 0.15) is 58.8 Å². The van der Waals surface area contributed by atoms with Crippen molar-refractivity contribution in [2.75, 3.05) is 46.5 Å². The van der Waals surface area contributed by atoms with Crippen LogP contribution in [-0.2, 0) is 39.4 Å². The SMILES string of the molecule is CC1(C)OB(c2cnc(F)c(Cl)c2)OC1(C)C.CCl.COc1cc(C(=O)NS(C)(=O)=O)ccc1-c1cnc(F)c(Cl)c1.COc1cc(C(=O)NS(C)(=O)=O)ccc1Br.COc1cc(C(=O)O)ccc1Br.CS(N)(=O)=O. The van der Waals surface area contributed by atoms with E-state index in [-0.39, 0.29) is 32.5 Å². The van der Waals surface area contributed by atoms with Gasteiger partial charge < -0.3 is 28.6 Å². The molecule has 1 aliphatic rings. The minimum absolute atomic E-state index is 0.0304. The van der Waals surface area contributed by atoms with Gasteiger partial charge in [-0.3, -0.25) is 9.59 Å². The largest absolute Gasteiger partial charge is 0.496 e. The molecule has 0 radical (unpaired) electrons. The van der Waals surface area contributed by atoms with Crippen molar-refractivity contribution in [2.45, 2.75) is 38.9 Å². The van der Waals surface area contributed by atoms with Gasteiger partial charge in [-0.25, -0.2) is 54.6 Å². The van der Waals surface area contributed by atoms with Crippen LogP contribution in [0.2, 0.25) is 10.0 Å². The maximum absolute atomic E-state index is 13.1. The van der Waals surface area contributed by atoms with Crippen LogP contribution in [0.15, 0.2) is 88.1 Å². The summed E-state index contributed by atoms with van der Waals surface area (Å²) in [5.41, 5.74) is 1.30. The van der Waals surface area contributed by atoms with E-state index in [4.69, 9.17) is 51.8 Å². The number of aromatic nitrogens is 2. The van der Waals surface area contributed by atoms with Crippen molar-refractivity contribution in [3.05, 3.63) is 127 Å². The lowest BCUT2D eigenvalue weighted by atomic mass is 9.80. The number of carbonyl (C=O) groups excluding carboxylic acids is 2. The molecule has 31 heteroatoms. The molecular formula is C44H51BBr2Cl3F2N5O15S3. The Labute approximate surface area is 465 Å². The van der Waals surface area contributed by atoms with Crippen molar-refractivity contribution < 1.29 is 77.0 Å². The molecule has 6 rings (SSSR count). The van der Waals surface area contributed by atoms with Crippen LogP contribution in [0.25, 0.3) is 11.1 Å². The third-order valence-electron chi connectivity index (χ3n) is 9.28. The lowest BCUT2D eigenvalue weighted by Crippen LogP contribution is -2.41. The van der Waals surface area contributed by atoms with Gasteiger partial charge in [-0.15, -0.1) is 11.6 Å². The van der Waals surface area contributed by atoms with Gasteiger partial charge in [0.2, 0.25) is 42.0 Å². The number of carboxylic acids is 1. The number of methoxy groups -OCH3 is 3. The van der Waals surface area contributed by atoms with Gasteiger partial charge in [-0.2, -0.15) is 8.78 Å². The van der Waals surface area contributed by atoms with E-state index >= 15 is 0 Å². The van der Waals surface area contributed by atoms with E-state index < -0.39 is 78.1 Å². The topological polar surface area (TPSA) is 296 Å². The number of benzene rings is 3. The number of amides is 2. The Balaban J connectivity index is 0.000000489. The number of alkyl halides is 1. The minimum atomic E-state index is -3.67. The zero-order valence-electron chi connectivity index (χ0n) is 41.6. The van der Waals surface area contributed by atoms with Gasteiger partial charge in [0, 0.05) is 46.5 Å². The van der Waals surface area contributed by atoms with Gasteiger partial charge >= 0.3 is 13.1 Å². The summed E-state index contributed by atoms with van der Waals surface area (Å²) in [5.74, 6) is -2.64. The van der Waals surface area contributed by atoms with Crippen molar-refractivity contribution in [3.63, 3.8) is 0 Å². The first kappa shape index (κ1) is 68.3. The third kappa shape index (κ3) is 23.6. The molecule has 0 atom stereocenters. The van der Waals surface area contributed by atoms with E-state index in [0.717, 1.165) is 23.2 Å². The number of hydrogen-bond donors (Lipinski definition) is 4. The van der Waals surface area contributed by atoms with Gasteiger partial charge in [0.25, 0.3) is 11.8 Å². The molecule has 20 nitrogen and oxygen atoms in total. The molecule has 0 saturated carbocycles. The first-order chi connectivity index (χ1) is 34.4. The van der Waals surface area contributed by atoms with Crippen LogP contribution in [0.3, 0.4) is 0 Å². The highest BCUT2D eigenvalue weighted by atomic mass is 79.9. The second kappa shape index (κ2) is 29.7. The van der Waals surface area contributed by atoms with Crippen LogP contribution < -0.4 is 34.3 Å². The highest BCUT2D eigenvalue weighted by Crippen LogP contribution is 2.37. The smallest absolute Gasteiger partial charge is 0.496 e.